The summed E-state index contributed by atoms with van der Waals surface area (Å²) in [6.45, 7) is 0.376. The maximum absolute atomic E-state index is 14.0. The molecule has 0 saturated carbocycles. The molecule has 5 rings (SSSR count). The minimum absolute atomic E-state index is 0.0376. The summed E-state index contributed by atoms with van der Waals surface area (Å²) in [6, 6.07) is 23.3. The first-order valence-electron chi connectivity index (χ1n) is 10.1. The van der Waals surface area contributed by atoms with Gasteiger partial charge < -0.3 is 14.6 Å². The fourth-order valence-electron chi connectivity index (χ4n) is 3.56. The van der Waals surface area contributed by atoms with Gasteiger partial charge in [-0.3, -0.25) is 4.57 Å². The fraction of sp³-hybridized carbons (Fsp3) is 0.167. The number of benzene rings is 3. The molecule has 162 valence electrons. The van der Waals surface area contributed by atoms with Crippen molar-refractivity contribution in [1.82, 2.24) is 14.8 Å². The smallest absolute Gasteiger partial charge is 0.196 e. The van der Waals surface area contributed by atoms with Crippen molar-refractivity contribution in [3.63, 3.8) is 0 Å². The maximum Gasteiger partial charge on any atom is 0.196 e. The Morgan fingerprint density at radius 1 is 1.00 bits per heavy atom. The molecule has 0 unspecified atom stereocenters. The molecule has 32 heavy (non-hydrogen) atoms. The van der Waals surface area contributed by atoms with Crippen molar-refractivity contribution in [3.8, 4) is 17.2 Å². The largest absolute Gasteiger partial charge is 0.492 e. The molecule has 1 aliphatic heterocycles. The van der Waals surface area contributed by atoms with Crippen molar-refractivity contribution in [1.29, 1.82) is 0 Å². The lowest BCUT2D eigenvalue weighted by atomic mass is 10.0. The highest BCUT2D eigenvalue weighted by atomic mass is 32.2. The molecule has 3 aromatic carbocycles. The van der Waals surface area contributed by atoms with Crippen LogP contribution in [-0.2, 0) is 6.61 Å². The Morgan fingerprint density at radius 2 is 1.75 bits per heavy atom. The summed E-state index contributed by atoms with van der Waals surface area (Å²) >= 11 is 1.39. The quantitative estimate of drug-likeness (QED) is 0.465. The average Bonchev–Trinajstić information content (AvgIpc) is 3.23. The van der Waals surface area contributed by atoms with E-state index < -0.39 is 11.9 Å². The highest BCUT2D eigenvalue weighted by Crippen LogP contribution is 2.40. The van der Waals surface area contributed by atoms with Crippen LogP contribution < -0.4 is 9.47 Å². The molecule has 0 amide bonds. The molecule has 0 spiro atoms. The third-order valence-corrected chi connectivity index (χ3v) is 6.33. The van der Waals surface area contributed by atoms with Gasteiger partial charge in [-0.1, -0.05) is 60.3 Å². The van der Waals surface area contributed by atoms with Gasteiger partial charge in [-0.15, -0.1) is 10.2 Å². The van der Waals surface area contributed by atoms with Gasteiger partial charge >= 0.3 is 0 Å². The summed E-state index contributed by atoms with van der Waals surface area (Å²) in [5, 5.41) is 19.9. The number of aliphatic hydroxyl groups excluding tert-OH is 1. The zero-order valence-corrected chi connectivity index (χ0v) is 17.8. The highest BCUT2D eigenvalue weighted by molar-refractivity contribution is 7.99. The van der Waals surface area contributed by atoms with Crippen LogP contribution in [0.15, 0.2) is 84.0 Å². The Balaban J connectivity index is 1.43. The van der Waals surface area contributed by atoms with E-state index in [1.165, 1.54) is 17.8 Å². The lowest BCUT2D eigenvalue weighted by Crippen LogP contribution is -2.28. The van der Waals surface area contributed by atoms with E-state index >= 15 is 0 Å². The zero-order chi connectivity index (χ0) is 21.9. The summed E-state index contributed by atoms with van der Waals surface area (Å²) in [5.74, 6) is 0.931. The molecule has 0 saturated heterocycles. The van der Waals surface area contributed by atoms with Crippen molar-refractivity contribution in [3.05, 3.63) is 96.1 Å². The third kappa shape index (κ3) is 4.06. The van der Waals surface area contributed by atoms with Crippen LogP contribution in [0.3, 0.4) is 0 Å². The maximum atomic E-state index is 14.0. The molecule has 1 aliphatic rings. The van der Waals surface area contributed by atoms with E-state index in [9.17, 15) is 9.50 Å². The van der Waals surface area contributed by atoms with E-state index in [-0.39, 0.29) is 17.6 Å². The van der Waals surface area contributed by atoms with Crippen molar-refractivity contribution in [2.45, 2.75) is 23.1 Å². The fourth-order valence-corrected chi connectivity index (χ4v) is 4.65. The van der Waals surface area contributed by atoms with Gasteiger partial charge in [0, 0.05) is 11.3 Å². The highest BCUT2D eigenvalue weighted by Gasteiger charge is 2.32. The van der Waals surface area contributed by atoms with E-state index in [0.29, 0.717) is 23.3 Å². The first-order valence-corrected chi connectivity index (χ1v) is 11.0. The van der Waals surface area contributed by atoms with Crippen LogP contribution in [0.4, 0.5) is 4.39 Å². The molecule has 6 nitrogen and oxygen atoms in total. The van der Waals surface area contributed by atoms with Gasteiger partial charge in [0.1, 0.15) is 19.0 Å². The van der Waals surface area contributed by atoms with Gasteiger partial charge in [0.25, 0.3) is 0 Å². The van der Waals surface area contributed by atoms with Gasteiger partial charge in [0.05, 0.1) is 11.4 Å². The molecule has 2 heterocycles. The Hall–Kier alpha value is -3.36. The van der Waals surface area contributed by atoms with Crippen LogP contribution in [0.1, 0.15) is 17.5 Å². The van der Waals surface area contributed by atoms with Gasteiger partial charge in [-0.2, -0.15) is 0 Å². The second kappa shape index (κ2) is 9.02. The van der Waals surface area contributed by atoms with E-state index in [0.717, 1.165) is 11.3 Å². The number of hydrogen-bond donors (Lipinski definition) is 1. The van der Waals surface area contributed by atoms with Crippen LogP contribution in [0.25, 0.3) is 5.69 Å². The van der Waals surface area contributed by atoms with E-state index in [2.05, 4.69) is 10.2 Å². The van der Waals surface area contributed by atoms with Crippen molar-refractivity contribution in [2.24, 2.45) is 0 Å². The zero-order valence-electron chi connectivity index (χ0n) is 17.0. The Kier molecular flexibility index (Phi) is 5.79. The first-order chi connectivity index (χ1) is 15.7. The number of aliphatic hydroxyl groups is 1. The summed E-state index contributed by atoms with van der Waals surface area (Å²) in [7, 11) is 0. The Labute approximate surface area is 188 Å². The molecule has 1 N–H and O–H groups in total. The second-order valence-electron chi connectivity index (χ2n) is 7.24. The van der Waals surface area contributed by atoms with Gasteiger partial charge in [-0.25, -0.2) is 4.39 Å². The van der Waals surface area contributed by atoms with Crippen LogP contribution in [-0.4, -0.2) is 31.7 Å². The SMILES string of the molecule is O[C@H]1c2ccccc2OC[C@H]1Sc1nnc(COc2ccccc2F)n1-c1ccccc1. The predicted molar refractivity (Wildman–Crippen MR) is 119 cm³/mol. The number of aromatic nitrogens is 3. The number of nitrogens with zero attached hydrogens (tertiary/aromatic N) is 3. The number of thioether (sulfide) groups is 1. The molecule has 4 aromatic rings. The van der Waals surface area contributed by atoms with Crippen molar-refractivity contribution in [2.75, 3.05) is 6.61 Å². The normalized spacial score (nSPS) is 17.4. The average molecular weight is 450 g/mol. The van der Waals surface area contributed by atoms with E-state index in [4.69, 9.17) is 9.47 Å². The summed E-state index contributed by atoms with van der Waals surface area (Å²) < 4.78 is 27.4. The topological polar surface area (TPSA) is 69.4 Å². The summed E-state index contributed by atoms with van der Waals surface area (Å²) in [5.41, 5.74) is 1.60. The lowest BCUT2D eigenvalue weighted by molar-refractivity contribution is 0.122. The standard InChI is InChI=1S/C24H20FN3O3S/c25-18-11-5-7-13-20(18)31-15-22-26-27-24(28(22)16-8-2-1-3-9-16)32-21-14-30-19-12-6-4-10-17(19)23(21)29/h1-13,21,23,29H,14-15H2/t21-,23+/m1/s1. The minimum atomic E-state index is -0.705. The molecule has 0 aliphatic carbocycles. The van der Waals surface area contributed by atoms with Crippen molar-refractivity contribution >= 4 is 11.8 Å². The molecule has 0 radical (unpaired) electrons. The number of fused-ring (bicyclic) bond motifs is 1. The number of para-hydroxylation sites is 3. The summed E-state index contributed by atoms with van der Waals surface area (Å²) in [4.78, 5) is 0. The van der Waals surface area contributed by atoms with E-state index in [1.807, 2.05) is 59.2 Å². The number of rotatable bonds is 6. The molecular formula is C24H20FN3O3S. The minimum Gasteiger partial charge on any atom is -0.492 e. The van der Waals surface area contributed by atoms with Crippen LogP contribution in [0.2, 0.25) is 0 Å². The Bertz CT molecular complexity index is 1220. The summed E-state index contributed by atoms with van der Waals surface area (Å²) in [6.07, 6.45) is -0.705. The van der Waals surface area contributed by atoms with Gasteiger partial charge in [0.2, 0.25) is 0 Å². The van der Waals surface area contributed by atoms with Crippen molar-refractivity contribution < 1.29 is 19.0 Å². The number of ether oxygens (including phenoxy) is 2. The number of halogens is 1. The van der Waals surface area contributed by atoms with Crippen LogP contribution in [0, 0.1) is 5.82 Å². The monoisotopic (exact) mass is 449 g/mol. The molecular weight excluding hydrogens is 429 g/mol. The Morgan fingerprint density at radius 3 is 2.59 bits per heavy atom. The molecule has 8 heteroatoms. The van der Waals surface area contributed by atoms with Crippen LogP contribution in [0.5, 0.6) is 11.5 Å². The lowest BCUT2D eigenvalue weighted by Gasteiger charge is -2.29. The second-order valence-corrected chi connectivity index (χ2v) is 8.45. The molecule has 0 fully saturated rings. The van der Waals surface area contributed by atoms with Crippen LogP contribution >= 0.6 is 11.8 Å². The molecule has 2 atom stereocenters. The number of hydrogen-bond acceptors (Lipinski definition) is 6. The molecule has 0 bridgehead atoms. The molecule has 1 aromatic heterocycles. The predicted octanol–water partition coefficient (Wildman–Crippen LogP) is 4.57. The van der Waals surface area contributed by atoms with Gasteiger partial charge in [-0.05, 0) is 30.3 Å². The third-order valence-electron chi connectivity index (χ3n) is 5.16. The first kappa shape index (κ1) is 20.5. The van der Waals surface area contributed by atoms with Gasteiger partial charge in [0.15, 0.2) is 22.5 Å². The van der Waals surface area contributed by atoms with E-state index in [1.54, 1.807) is 18.2 Å².